The molecule has 7 heavy (non-hydrogen) atoms. The molecule has 1 aromatic rings. The Morgan fingerprint density at radius 3 is 0.714 bits per heavy atom. The van der Waals surface area contributed by atoms with Crippen molar-refractivity contribution in [2.45, 2.75) is 0 Å². The predicted molar refractivity (Wildman–Crippen MR) is 35.0 cm³/mol. The molecule has 0 aliphatic heterocycles. The van der Waals surface area contributed by atoms with E-state index in [4.69, 9.17) is 0 Å². The van der Waals surface area contributed by atoms with Gasteiger partial charge in [0.05, 0.1) is 0 Å². The Kier molecular flexibility index (Phi) is 5.50. The van der Waals surface area contributed by atoms with Gasteiger partial charge < -0.3 is 0 Å². The molecule has 0 N–H and O–H groups in total. The summed E-state index contributed by atoms with van der Waals surface area (Å²) in [5, 5.41) is 0. The van der Waals surface area contributed by atoms with Crippen LogP contribution in [0.2, 0.25) is 0 Å². The van der Waals surface area contributed by atoms with Crippen molar-refractivity contribution < 1.29 is 0 Å². The maximum absolute atomic E-state index is 2.00. The van der Waals surface area contributed by atoms with Crippen LogP contribution in [0.25, 0.3) is 0 Å². The number of benzene rings is 1. The van der Waals surface area contributed by atoms with Crippen LogP contribution in [0, 0.1) is 0 Å². The molecule has 1 rings (SSSR count). The van der Waals surface area contributed by atoms with E-state index in [-0.39, 0.29) is 48.9 Å². The fourth-order valence-corrected chi connectivity index (χ4v) is 0.385. The molecular weight excluding hydrogens is 209 g/mol. The third-order valence-electron chi connectivity index (χ3n) is 0.667. The van der Waals surface area contributed by atoms with Crippen molar-refractivity contribution in [2.75, 3.05) is 0 Å². The number of hydrogen-bond donors (Lipinski definition) is 0. The van der Waals surface area contributed by atoms with E-state index in [0.29, 0.717) is 0 Å². The van der Waals surface area contributed by atoms with Gasteiger partial charge in [-0.15, -0.1) is 0 Å². The molecule has 0 aliphatic carbocycles. The minimum Gasteiger partial charge on any atom is -0.0623 e. The summed E-state index contributed by atoms with van der Waals surface area (Å²) >= 11 is 0. The largest absolute Gasteiger partial charge is 0.0623 e. The average Bonchev–Trinajstić information content (AvgIpc) is 1.72. The first-order chi connectivity index (χ1) is 3.00. The number of hydrogen-bond acceptors (Lipinski definition) is 0. The molecule has 0 heterocycles. The van der Waals surface area contributed by atoms with Gasteiger partial charge in [0.2, 0.25) is 0 Å². The SMILES string of the molecule is [BaH2].c1ccccc1. The minimum atomic E-state index is 0. The van der Waals surface area contributed by atoms with Crippen LogP contribution in [0.1, 0.15) is 0 Å². The smallest absolute Gasteiger partial charge is 0.0623 e. The standard InChI is InChI=1S/C6H6.Ba.2H/c1-2-4-6-5-3-1;;;/h1-6H;;;. The van der Waals surface area contributed by atoms with Gasteiger partial charge in [-0.3, -0.25) is 0 Å². The van der Waals surface area contributed by atoms with Crippen molar-refractivity contribution >= 4 is 48.9 Å². The zero-order valence-corrected chi connectivity index (χ0v) is 3.46. The van der Waals surface area contributed by atoms with E-state index in [9.17, 15) is 0 Å². The quantitative estimate of drug-likeness (QED) is 0.563. The minimum absolute atomic E-state index is 0. The van der Waals surface area contributed by atoms with Crippen LogP contribution in [0.4, 0.5) is 0 Å². The maximum atomic E-state index is 2.00. The predicted octanol–water partition coefficient (Wildman–Crippen LogP) is 0.770. The van der Waals surface area contributed by atoms with Gasteiger partial charge in [0.1, 0.15) is 0 Å². The Morgan fingerprint density at radius 2 is 0.571 bits per heavy atom. The Bertz CT molecular complexity index is 76.1. The molecule has 1 aromatic carbocycles. The molecule has 1 heteroatoms. The van der Waals surface area contributed by atoms with Crippen molar-refractivity contribution in [3.8, 4) is 0 Å². The molecule has 0 nitrogen and oxygen atoms in total. The molecule has 0 aliphatic rings. The Labute approximate surface area is 84.0 Å². The third kappa shape index (κ3) is 3.38. The van der Waals surface area contributed by atoms with Crippen molar-refractivity contribution in [1.29, 1.82) is 0 Å². The van der Waals surface area contributed by atoms with E-state index in [1.165, 1.54) is 0 Å². The fraction of sp³-hybridized carbons (Fsp3) is 0. The van der Waals surface area contributed by atoms with E-state index >= 15 is 0 Å². The molecule has 0 saturated heterocycles. The van der Waals surface area contributed by atoms with E-state index in [2.05, 4.69) is 0 Å². The van der Waals surface area contributed by atoms with Gasteiger partial charge in [0.15, 0.2) is 0 Å². The van der Waals surface area contributed by atoms with Crippen molar-refractivity contribution in [3.63, 3.8) is 0 Å². The zero-order valence-electron chi connectivity index (χ0n) is 3.46. The molecule has 0 spiro atoms. The van der Waals surface area contributed by atoms with Gasteiger partial charge in [0.25, 0.3) is 0 Å². The third-order valence-corrected chi connectivity index (χ3v) is 0.667. The van der Waals surface area contributed by atoms with E-state index in [1.807, 2.05) is 36.4 Å². The van der Waals surface area contributed by atoms with Gasteiger partial charge in [-0.05, 0) is 0 Å². The molecule has 0 aromatic heterocycles. The van der Waals surface area contributed by atoms with Gasteiger partial charge in [-0.25, -0.2) is 0 Å². The Morgan fingerprint density at radius 1 is 0.429 bits per heavy atom. The van der Waals surface area contributed by atoms with Crippen molar-refractivity contribution in [1.82, 2.24) is 0 Å². The first-order valence-electron chi connectivity index (χ1n) is 2.00. The van der Waals surface area contributed by atoms with Gasteiger partial charge >= 0.3 is 48.9 Å². The summed E-state index contributed by atoms with van der Waals surface area (Å²) < 4.78 is 0. The Balaban J connectivity index is 0.000000360. The van der Waals surface area contributed by atoms with Crippen LogP contribution in [0.15, 0.2) is 36.4 Å². The monoisotopic (exact) mass is 218 g/mol. The summed E-state index contributed by atoms with van der Waals surface area (Å²) in [7, 11) is 0. The molecule has 0 fully saturated rings. The topological polar surface area (TPSA) is 0 Å². The molecule has 0 saturated carbocycles. The van der Waals surface area contributed by atoms with Crippen LogP contribution in [0.3, 0.4) is 0 Å². The summed E-state index contributed by atoms with van der Waals surface area (Å²) in [5.41, 5.74) is 0. The first kappa shape index (κ1) is 7.79. The second-order valence-corrected chi connectivity index (χ2v) is 1.15. The summed E-state index contributed by atoms with van der Waals surface area (Å²) in [6.07, 6.45) is 0. The molecular formula is C6H8Ba. The molecule has 0 radical (unpaired) electrons. The molecule has 0 bridgehead atoms. The van der Waals surface area contributed by atoms with Crippen LogP contribution in [-0.2, 0) is 0 Å². The van der Waals surface area contributed by atoms with Gasteiger partial charge in [-0.1, -0.05) is 36.4 Å². The molecule has 0 amide bonds. The van der Waals surface area contributed by atoms with Crippen LogP contribution in [0.5, 0.6) is 0 Å². The summed E-state index contributed by atoms with van der Waals surface area (Å²) in [5.74, 6) is 0. The van der Waals surface area contributed by atoms with E-state index in [0.717, 1.165) is 0 Å². The summed E-state index contributed by atoms with van der Waals surface area (Å²) in [6, 6.07) is 12.0. The number of rotatable bonds is 0. The maximum Gasteiger partial charge on any atom is -0.0623 e. The van der Waals surface area contributed by atoms with Crippen LogP contribution < -0.4 is 0 Å². The Hall–Kier alpha value is 0.791. The summed E-state index contributed by atoms with van der Waals surface area (Å²) in [4.78, 5) is 0. The normalized spacial score (nSPS) is 6.86. The fourth-order valence-electron chi connectivity index (χ4n) is 0.385. The zero-order chi connectivity index (χ0) is 4.24. The summed E-state index contributed by atoms with van der Waals surface area (Å²) in [6.45, 7) is 0. The second-order valence-electron chi connectivity index (χ2n) is 1.15. The van der Waals surface area contributed by atoms with Crippen molar-refractivity contribution in [2.24, 2.45) is 0 Å². The van der Waals surface area contributed by atoms with E-state index in [1.54, 1.807) is 0 Å². The first-order valence-corrected chi connectivity index (χ1v) is 2.00. The molecule has 0 unspecified atom stereocenters. The second kappa shape index (κ2) is 4.94. The van der Waals surface area contributed by atoms with Crippen molar-refractivity contribution in [3.05, 3.63) is 36.4 Å². The average molecular weight is 217 g/mol. The molecule has 0 atom stereocenters. The van der Waals surface area contributed by atoms with E-state index < -0.39 is 0 Å². The van der Waals surface area contributed by atoms with Gasteiger partial charge in [0, 0.05) is 0 Å². The van der Waals surface area contributed by atoms with Crippen LogP contribution in [-0.4, -0.2) is 48.9 Å². The molecule has 34 valence electrons. The van der Waals surface area contributed by atoms with Gasteiger partial charge in [-0.2, -0.15) is 0 Å². The van der Waals surface area contributed by atoms with Crippen LogP contribution >= 0.6 is 0 Å².